The highest BCUT2D eigenvalue weighted by atomic mass is 35.5. The lowest BCUT2D eigenvalue weighted by Gasteiger charge is -2.47. The summed E-state index contributed by atoms with van der Waals surface area (Å²) in [5.74, 6) is 0.731. The molecule has 0 amide bonds. The number of sulfonamides is 1. The fourth-order valence-corrected chi connectivity index (χ4v) is 6.37. The van der Waals surface area contributed by atoms with Crippen molar-refractivity contribution in [3.63, 3.8) is 0 Å². The van der Waals surface area contributed by atoms with Gasteiger partial charge in [-0.3, -0.25) is 14.5 Å². The van der Waals surface area contributed by atoms with Crippen molar-refractivity contribution in [2.45, 2.75) is 44.8 Å². The van der Waals surface area contributed by atoms with Crippen molar-refractivity contribution in [3.8, 4) is 0 Å². The van der Waals surface area contributed by atoms with Gasteiger partial charge in [0.15, 0.2) is 0 Å². The van der Waals surface area contributed by atoms with Crippen molar-refractivity contribution in [3.05, 3.63) is 39.7 Å². The molecule has 1 N–H and O–H groups in total. The third kappa shape index (κ3) is 5.94. The number of piperazine rings is 1. The Kier molecular flexibility index (Phi) is 7.62. The molecule has 2 aromatic rings. The third-order valence-corrected chi connectivity index (χ3v) is 8.05. The number of aromatic nitrogens is 1. The molecule has 2 aliphatic heterocycles. The van der Waals surface area contributed by atoms with E-state index in [2.05, 4.69) is 48.2 Å². The Morgan fingerprint density at radius 3 is 2.66 bits per heavy atom. The summed E-state index contributed by atoms with van der Waals surface area (Å²) in [4.78, 5) is 12.0. The van der Waals surface area contributed by atoms with Gasteiger partial charge < -0.3 is 4.90 Å². The molecule has 2 aromatic heterocycles. The number of hydrogen-bond acceptors (Lipinski definition) is 7. The van der Waals surface area contributed by atoms with Crippen LogP contribution in [-0.2, 0) is 16.6 Å². The monoisotopic (exact) mass is 497 g/mol. The summed E-state index contributed by atoms with van der Waals surface area (Å²) in [7, 11) is -3.35. The second kappa shape index (κ2) is 10.3. The number of halogens is 1. The lowest BCUT2D eigenvalue weighted by molar-refractivity contribution is 0.0611. The largest absolute Gasteiger partial charge is 0.353 e. The summed E-state index contributed by atoms with van der Waals surface area (Å²) in [6.07, 6.45) is 6.17. The molecule has 2 fully saturated rings. The normalized spacial score (nSPS) is 21.7. The first-order valence-corrected chi connectivity index (χ1v) is 14.4. The Hall–Kier alpha value is -1.39. The first kappa shape index (κ1) is 23.8. The number of pyridine rings is 1. The zero-order valence-corrected chi connectivity index (χ0v) is 21.1. The maximum atomic E-state index is 11.5. The molecule has 32 heavy (non-hydrogen) atoms. The molecular formula is C22H32ClN5O2S2. The quantitative estimate of drug-likeness (QED) is 0.628. The Balaban J connectivity index is 1.35. The van der Waals surface area contributed by atoms with E-state index in [-0.39, 0.29) is 0 Å². The van der Waals surface area contributed by atoms with E-state index in [1.807, 2.05) is 0 Å². The van der Waals surface area contributed by atoms with E-state index in [1.165, 1.54) is 18.4 Å². The van der Waals surface area contributed by atoms with Crippen molar-refractivity contribution in [2.24, 2.45) is 0 Å². The third-order valence-electron chi connectivity index (χ3n) is 6.44. The molecule has 0 saturated carbocycles. The van der Waals surface area contributed by atoms with Crippen LogP contribution in [0.5, 0.6) is 0 Å². The van der Waals surface area contributed by atoms with Crippen LogP contribution in [0.4, 0.5) is 11.5 Å². The summed E-state index contributed by atoms with van der Waals surface area (Å²) in [5.41, 5.74) is 1.82. The Labute approximate surface area is 200 Å². The number of anilines is 2. The molecule has 7 nitrogen and oxygen atoms in total. The van der Waals surface area contributed by atoms with Gasteiger partial charge in [0.1, 0.15) is 5.82 Å². The predicted octanol–water partition coefficient (Wildman–Crippen LogP) is 3.73. The second-order valence-corrected chi connectivity index (χ2v) is 11.7. The van der Waals surface area contributed by atoms with Gasteiger partial charge in [0.05, 0.1) is 23.2 Å². The van der Waals surface area contributed by atoms with Crippen LogP contribution in [0.2, 0.25) is 5.02 Å². The molecule has 0 bridgehead atoms. The zero-order chi connectivity index (χ0) is 22.7. The average Bonchev–Trinajstić information content (AvgIpc) is 3.26. The average molecular weight is 498 g/mol. The number of piperidine rings is 1. The molecule has 0 unspecified atom stereocenters. The first-order valence-electron chi connectivity index (χ1n) is 11.2. The highest BCUT2D eigenvalue weighted by Crippen LogP contribution is 2.31. The van der Waals surface area contributed by atoms with Crippen LogP contribution in [0.3, 0.4) is 0 Å². The van der Waals surface area contributed by atoms with E-state index in [1.54, 1.807) is 23.6 Å². The highest BCUT2D eigenvalue weighted by molar-refractivity contribution is 7.92. The SMILES string of the molecule is CC[C@H]1CN(c2ncc(NS(C)(=O)=O)cc2Cl)CCN1C1CCN(Cc2ccsc2)CC1. The summed E-state index contributed by atoms with van der Waals surface area (Å²) in [6.45, 7) is 8.37. The number of rotatable bonds is 7. The number of likely N-dealkylation sites (tertiary alicyclic amines) is 1. The molecule has 0 spiro atoms. The molecule has 4 heterocycles. The van der Waals surface area contributed by atoms with Gasteiger partial charge in [-0.15, -0.1) is 0 Å². The summed E-state index contributed by atoms with van der Waals surface area (Å²) < 4.78 is 25.4. The molecule has 1 atom stereocenters. The predicted molar refractivity (Wildman–Crippen MR) is 133 cm³/mol. The molecule has 0 radical (unpaired) electrons. The first-order chi connectivity index (χ1) is 15.3. The van der Waals surface area contributed by atoms with Crippen LogP contribution < -0.4 is 9.62 Å². The van der Waals surface area contributed by atoms with E-state index in [4.69, 9.17) is 11.6 Å². The van der Waals surface area contributed by atoms with Gasteiger partial charge in [0.2, 0.25) is 10.0 Å². The molecule has 2 aliphatic rings. The van der Waals surface area contributed by atoms with Crippen LogP contribution in [0.25, 0.3) is 0 Å². The van der Waals surface area contributed by atoms with E-state index in [0.29, 0.717) is 22.8 Å². The fraction of sp³-hybridized carbons (Fsp3) is 0.591. The van der Waals surface area contributed by atoms with Crippen molar-refractivity contribution in [1.29, 1.82) is 0 Å². The topological polar surface area (TPSA) is 68.8 Å². The van der Waals surface area contributed by atoms with Crippen molar-refractivity contribution in [2.75, 3.05) is 48.6 Å². The van der Waals surface area contributed by atoms with Crippen LogP contribution in [-0.4, -0.2) is 74.3 Å². The maximum absolute atomic E-state index is 11.5. The summed E-state index contributed by atoms with van der Waals surface area (Å²) >= 11 is 8.26. The molecule has 2 saturated heterocycles. The fourth-order valence-electron chi connectivity index (χ4n) is 4.89. The molecule has 176 valence electrons. The van der Waals surface area contributed by atoms with Crippen LogP contribution >= 0.6 is 22.9 Å². The van der Waals surface area contributed by atoms with Gasteiger partial charge >= 0.3 is 0 Å². The minimum Gasteiger partial charge on any atom is -0.353 e. The van der Waals surface area contributed by atoms with Crippen molar-refractivity contribution >= 4 is 44.5 Å². The zero-order valence-electron chi connectivity index (χ0n) is 18.7. The minimum absolute atomic E-state index is 0.390. The van der Waals surface area contributed by atoms with Gasteiger partial charge in [-0.2, -0.15) is 11.3 Å². The summed E-state index contributed by atoms with van der Waals surface area (Å²) in [6, 6.07) is 4.96. The molecule has 10 heteroatoms. The van der Waals surface area contributed by atoms with Gasteiger partial charge in [0, 0.05) is 38.3 Å². The summed E-state index contributed by atoms with van der Waals surface area (Å²) in [5, 5.41) is 4.88. The lowest BCUT2D eigenvalue weighted by Crippen LogP contribution is -2.58. The van der Waals surface area contributed by atoms with Gasteiger partial charge in [0.25, 0.3) is 0 Å². The number of nitrogens with zero attached hydrogens (tertiary/aromatic N) is 4. The van der Waals surface area contributed by atoms with E-state index in [0.717, 1.165) is 57.8 Å². The highest BCUT2D eigenvalue weighted by Gasteiger charge is 2.34. The number of hydrogen-bond donors (Lipinski definition) is 1. The Morgan fingerprint density at radius 2 is 2.03 bits per heavy atom. The molecule has 4 rings (SSSR count). The van der Waals surface area contributed by atoms with Crippen LogP contribution in [0.15, 0.2) is 29.1 Å². The molecule has 0 aromatic carbocycles. The smallest absolute Gasteiger partial charge is 0.229 e. The van der Waals surface area contributed by atoms with E-state index < -0.39 is 10.0 Å². The number of nitrogens with one attached hydrogen (secondary N) is 1. The maximum Gasteiger partial charge on any atom is 0.229 e. The van der Waals surface area contributed by atoms with Crippen molar-refractivity contribution < 1.29 is 8.42 Å². The molecule has 0 aliphatic carbocycles. The van der Waals surface area contributed by atoms with Crippen molar-refractivity contribution in [1.82, 2.24) is 14.8 Å². The lowest BCUT2D eigenvalue weighted by atomic mass is 9.98. The molecular weight excluding hydrogens is 466 g/mol. The van der Waals surface area contributed by atoms with Gasteiger partial charge in [-0.25, -0.2) is 13.4 Å². The second-order valence-electron chi connectivity index (χ2n) is 8.79. The number of thiophene rings is 1. The van der Waals surface area contributed by atoms with Crippen LogP contribution in [0.1, 0.15) is 31.7 Å². The Bertz CT molecular complexity index is 994. The van der Waals surface area contributed by atoms with Gasteiger partial charge in [-0.05, 0) is 60.8 Å². The minimum atomic E-state index is -3.35. The van der Waals surface area contributed by atoms with Crippen LogP contribution in [0, 0.1) is 0 Å². The van der Waals surface area contributed by atoms with E-state index in [9.17, 15) is 8.42 Å². The standard InChI is InChI=1S/C22H32ClN5O2S2/c1-3-19-15-27(22-21(23)12-18(13-24-22)25-32(2,29)30)9-10-28(19)20-4-7-26(8-5-20)14-17-6-11-31-16-17/h6,11-13,16,19-20,25H,3-5,7-10,14-15H2,1-2H3/t19-/m0/s1. The van der Waals surface area contributed by atoms with Gasteiger partial charge in [-0.1, -0.05) is 18.5 Å². The van der Waals surface area contributed by atoms with E-state index >= 15 is 0 Å². The Morgan fingerprint density at radius 1 is 1.25 bits per heavy atom.